The van der Waals surface area contributed by atoms with E-state index >= 15 is 0 Å². The van der Waals surface area contributed by atoms with Crippen molar-refractivity contribution >= 4 is 0 Å². The Balaban J connectivity index is 0.000000236. The zero-order valence-corrected chi connectivity index (χ0v) is 6.33. The van der Waals surface area contributed by atoms with E-state index < -0.39 is 0 Å². The van der Waals surface area contributed by atoms with Crippen LogP contribution in [-0.4, -0.2) is 0 Å². The van der Waals surface area contributed by atoms with Crippen LogP contribution in [0.3, 0.4) is 0 Å². The topological polar surface area (TPSA) is 23.8 Å². The molecular formula is C9H11N. The van der Waals surface area contributed by atoms with Crippen LogP contribution in [0.1, 0.15) is 12.5 Å². The molecule has 0 aliphatic rings. The smallest absolute Gasteiger partial charge is 0.0587 e. The first kappa shape index (κ1) is 8.71. The van der Waals surface area contributed by atoms with Gasteiger partial charge in [0.15, 0.2) is 0 Å². The highest BCUT2D eigenvalue weighted by Crippen LogP contribution is 1.92. The summed E-state index contributed by atoms with van der Waals surface area (Å²) < 4.78 is 0. The summed E-state index contributed by atoms with van der Waals surface area (Å²) in [6.07, 6.45) is 0. The summed E-state index contributed by atoms with van der Waals surface area (Å²) in [6, 6.07) is 12.0. The molecule has 1 aromatic carbocycles. The minimum absolute atomic E-state index is 1.32. The van der Waals surface area contributed by atoms with Crippen molar-refractivity contribution in [1.82, 2.24) is 0 Å². The van der Waals surface area contributed by atoms with Crippen molar-refractivity contribution in [3.8, 4) is 6.07 Å². The number of hydrogen-bond acceptors (Lipinski definition) is 1. The van der Waals surface area contributed by atoms with Crippen molar-refractivity contribution in [2.45, 2.75) is 13.8 Å². The Hall–Kier alpha value is -1.29. The van der Waals surface area contributed by atoms with Crippen LogP contribution in [0.25, 0.3) is 0 Å². The van der Waals surface area contributed by atoms with Crippen molar-refractivity contribution < 1.29 is 0 Å². The molecule has 0 N–H and O–H groups in total. The summed E-state index contributed by atoms with van der Waals surface area (Å²) in [6.45, 7) is 3.51. The molecule has 0 atom stereocenters. The maximum absolute atomic E-state index is 7.32. The predicted molar refractivity (Wildman–Crippen MR) is 42.5 cm³/mol. The van der Waals surface area contributed by atoms with Gasteiger partial charge in [-0.25, -0.2) is 0 Å². The van der Waals surface area contributed by atoms with Crippen molar-refractivity contribution in [3.63, 3.8) is 0 Å². The number of rotatable bonds is 0. The zero-order valence-electron chi connectivity index (χ0n) is 6.33. The molecule has 1 rings (SSSR count). The summed E-state index contributed by atoms with van der Waals surface area (Å²) in [5, 5.41) is 7.32. The molecule has 1 heteroatoms. The second-order valence-corrected chi connectivity index (χ2v) is 1.88. The maximum Gasteiger partial charge on any atom is 0.0587 e. The van der Waals surface area contributed by atoms with E-state index in [0.29, 0.717) is 0 Å². The van der Waals surface area contributed by atoms with Crippen molar-refractivity contribution in [2.24, 2.45) is 0 Å². The van der Waals surface area contributed by atoms with Crippen molar-refractivity contribution in [1.29, 1.82) is 5.26 Å². The van der Waals surface area contributed by atoms with Gasteiger partial charge in [-0.2, -0.15) is 5.26 Å². The van der Waals surface area contributed by atoms with Gasteiger partial charge in [0.2, 0.25) is 0 Å². The first-order valence-electron chi connectivity index (χ1n) is 3.13. The quantitative estimate of drug-likeness (QED) is 0.533. The number of benzene rings is 1. The van der Waals surface area contributed by atoms with Crippen LogP contribution in [0.4, 0.5) is 0 Å². The lowest BCUT2D eigenvalue weighted by Crippen LogP contribution is -1.62. The molecule has 52 valence electrons. The molecule has 10 heavy (non-hydrogen) atoms. The highest BCUT2D eigenvalue weighted by atomic mass is 14.2. The third-order valence-corrected chi connectivity index (χ3v) is 0.940. The lowest BCUT2D eigenvalue weighted by Gasteiger charge is -1.82. The van der Waals surface area contributed by atoms with E-state index in [4.69, 9.17) is 5.26 Å². The highest BCUT2D eigenvalue weighted by molar-refractivity contribution is 5.11. The molecule has 0 amide bonds. The molecule has 0 aromatic heterocycles. The normalized spacial score (nSPS) is 6.90. The Kier molecular flexibility index (Phi) is 5.09. The van der Waals surface area contributed by atoms with E-state index in [1.165, 1.54) is 12.5 Å². The summed E-state index contributed by atoms with van der Waals surface area (Å²) in [5.41, 5.74) is 1.32. The van der Waals surface area contributed by atoms with E-state index in [9.17, 15) is 0 Å². The molecule has 0 fully saturated rings. The Labute approximate surface area is 61.9 Å². The zero-order chi connectivity index (χ0) is 7.82. The fraction of sp³-hybridized carbons (Fsp3) is 0.222. The van der Waals surface area contributed by atoms with Gasteiger partial charge in [0.1, 0.15) is 0 Å². The van der Waals surface area contributed by atoms with Crippen LogP contribution < -0.4 is 0 Å². The first-order chi connectivity index (χ1) is 4.81. The molecule has 0 saturated heterocycles. The van der Waals surface area contributed by atoms with E-state index in [0.717, 1.165) is 0 Å². The van der Waals surface area contributed by atoms with Crippen LogP contribution >= 0.6 is 0 Å². The molecule has 0 saturated carbocycles. The summed E-state index contributed by atoms with van der Waals surface area (Å²) in [7, 11) is 0. The maximum atomic E-state index is 7.32. The minimum atomic E-state index is 1.32. The van der Waals surface area contributed by atoms with Gasteiger partial charge in [-0.05, 0) is 6.92 Å². The van der Waals surface area contributed by atoms with Gasteiger partial charge >= 0.3 is 0 Å². The third-order valence-electron chi connectivity index (χ3n) is 0.940. The van der Waals surface area contributed by atoms with Gasteiger partial charge in [-0.3, -0.25) is 0 Å². The largest absolute Gasteiger partial charge is 0.199 e. The SMILES string of the molecule is CC#N.Cc1ccccc1. The van der Waals surface area contributed by atoms with Crippen LogP contribution in [-0.2, 0) is 0 Å². The third kappa shape index (κ3) is 4.86. The number of aryl methyl sites for hydroxylation is 1. The molecular weight excluding hydrogens is 122 g/mol. The average Bonchev–Trinajstić information content (AvgIpc) is 1.91. The first-order valence-corrected chi connectivity index (χ1v) is 3.13. The fourth-order valence-electron chi connectivity index (χ4n) is 0.534. The number of hydrogen-bond donors (Lipinski definition) is 0. The molecule has 0 aliphatic heterocycles. The number of nitrogens with zero attached hydrogens (tertiary/aromatic N) is 1. The standard InChI is InChI=1S/C7H8.C2H3N/c1-7-5-3-2-4-6-7;1-2-3/h2-6H,1H3;1H3. The molecule has 0 heterocycles. The number of nitriles is 1. The molecule has 0 bridgehead atoms. The Morgan fingerprint density at radius 2 is 1.60 bits per heavy atom. The molecule has 1 aromatic rings. The molecule has 0 radical (unpaired) electrons. The van der Waals surface area contributed by atoms with Gasteiger partial charge in [0.05, 0.1) is 6.07 Å². The fourth-order valence-corrected chi connectivity index (χ4v) is 0.534. The molecule has 0 spiro atoms. The van der Waals surface area contributed by atoms with Crippen molar-refractivity contribution in [3.05, 3.63) is 35.9 Å². The Bertz CT molecular complexity index is 196. The summed E-state index contributed by atoms with van der Waals surface area (Å²) >= 11 is 0. The van der Waals surface area contributed by atoms with Gasteiger partial charge in [0, 0.05) is 6.92 Å². The van der Waals surface area contributed by atoms with E-state index in [2.05, 4.69) is 19.1 Å². The average molecular weight is 133 g/mol. The van der Waals surface area contributed by atoms with Crippen molar-refractivity contribution in [2.75, 3.05) is 0 Å². The Morgan fingerprint density at radius 3 is 1.80 bits per heavy atom. The van der Waals surface area contributed by atoms with Gasteiger partial charge in [0.25, 0.3) is 0 Å². The van der Waals surface area contributed by atoms with E-state index in [1.54, 1.807) is 6.07 Å². The monoisotopic (exact) mass is 133 g/mol. The summed E-state index contributed by atoms with van der Waals surface area (Å²) in [4.78, 5) is 0. The lowest BCUT2D eigenvalue weighted by atomic mass is 10.2. The van der Waals surface area contributed by atoms with Gasteiger partial charge in [-0.15, -0.1) is 0 Å². The van der Waals surface area contributed by atoms with Crippen LogP contribution in [0, 0.1) is 18.3 Å². The van der Waals surface area contributed by atoms with Crippen LogP contribution in [0.15, 0.2) is 30.3 Å². The lowest BCUT2D eigenvalue weighted by molar-refractivity contribution is 1.48. The molecule has 0 unspecified atom stereocenters. The minimum Gasteiger partial charge on any atom is -0.199 e. The van der Waals surface area contributed by atoms with Crippen LogP contribution in [0.2, 0.25) is 0 Å². The predicted octanol–water partition coefficient (Wildman–Crippen LogP) is 2.52. The van der Waals surface area contributed by atoms with Gasteiger partial charge in [-0.1, -0.05) is 35.9 Å². The molecule has 1 nitrogen and oxygen atoms in total. The van der Waals surface area contributed by atoms with Gasteiger partial charge < -0.3 is 0 Å². The van der Waals surface area contributed by atoms with Crippen LogP contribution in [0.5, 0.6) is 0 Å². The molecule has 0 aliphatic carbocycles. The second-order valence-electron chi connectivity index (χ2n) is 1.88. The van der Waals surface area contributed by atoms with E-state index in [-0.39, 0.29) is 0 Å². The Morgan fingerprint density at radius 1 is 1.20 bits per heavy atom. The highest BCUT2D eigenvalue weighted by Gasteiger charge is 1.72. The van der Waals surface area contributed by atoms with E-state index in [1.807, 2.05) is 18.2 Å². The summed E-state index contributed by atoms with van der Waals surface area (Å²) in [5.74, 6) is 0. The second kappa shape index (κ2) is 5.84.